The van der Waals surface area contributed by atoms with Crippen LogP contribution in [0.15, 0.2) is 29.2 Å². The maximum absolute atomic E-state index is 12.3. The molecule has 0 bridgehead atoms. The molecule has 1 aromatic carbocycles. The van der Waals surface area contributed by atoms with Gasteiger partial charge in [0.2, 0.25) is 5.54 Å². The summed E-state index contributed by atoms with van der Waals surface area (Å²) in [4.78, 5) is 36.6. The monoisotopic (exact) mass is 379 g/mol. The van der Waals surface area contributed by atoms with E-state index < -0.39 is 23.1 Å². The number of esters is 1. The summed E-state index contributed by atoms with van der Waals surface area (Å²) in [5.41, 5.74) is 3.52. The lowest BCUT2D eigenvalue weighted by Crippen LogP contribution is -2.58. The molecule has 1 saturated carbocycles. The molecular formula is C19H25NO5S. The summed E-state index contributed by atoms with van der Waals surface area (Å²) in [6, 6.07) is 7.11. The Balaban J connectivity index is 2.10. The highest BCUT2D eigenvalue weighted by molar-refractivity contribution is 8.00. The summed E-state index contributed by atoms with van der Waals surface area (Å²) in [6.45, 7) is 4.97. The van der Waals surface area contributed by atoms with Crippen LogP contribution in [0.4, 0.5) is 0 Å². The third kappa shape index (κ3) is 5.08. The highest BCUT2D eigenvalue weighted by Crippen LogP contribution is 2.32. The fraction of sp³-hybridized carbons (Fsp3) is 0.526. The van der Waals surface area contributed by atoms with Crippen LogP contribution in [0.3, 0.4) is 0 Å². The van der Waals surface area contributed by atoms with Crippen LogP contribution in [-0.4, -0.2) is 39.2 Å². The van der Waals surface area contributed by atoms with Gasteiger partial charge < -0.3 is 15.6 Å². The van der Waals surface area contributed by atoms with Crippen molar-refractivity contribution in [3.8, 4) is 0 Å². The molecule has 0 spiro atoms. The lowest BCUT2D eigenvalue weighted by Gasteiger charge is -2.28. The van der Waals surface area contributed by atoms with E-state index in [1.165, 1.54) is 11.8 Å². The normalized spacial score (nSPS) is 19.8. The zero-order chi connectivity index (χ0) is 19.5. The Morgan fingerprint density at radius 2 is 1.88 bits per heavy atom. The van der Waals surface area contributed by atoms with E-state index in [-0.39, 0.29) is 17.5 Å². The molecule has 7 heteroatoms. The first-order chi connectivity index (χ1) is 12.0. The molecule has 0 amide bonds. The van der Waals surface area contributed by atoms with Crippen LogP contribution in [0.25, 0.3) is 0 Å². The smallest absolute Gasteiger partial charge is 0.338 e. The molecule has 0 aliphatic heterocycles. The number of carbonyl (C=O) groups is 3. The number of carbonyl (C=O) groups excluding carboxylic acids is 2. The van der Waals surface area contributed by atoms with Crippen LogP contribution in [0, 0.1) is 0 Å². The first kappa shape index (κ1) is 20.5. The molecule has 1 fully saturated rings. The van der Waals surface area contributed by atoms with Crippen LogP contribution >= 0.6 is 11.8 Å². The Morgan fingerprint density at radius 3 is 2.35 bits per heavy atom. The third-order valence-corrected chi connectivity index (χ3v) is 5.41. The average Bonchev–Trinajstić information content (AvgIpc) is 2.92. The number of hydrogen-bond acceptors (Lipinski definition) is 6. The van der Waals surface area contributed by atoms with Crippen molar-refractivity contribution in [1.29, 1.82) is 0 Å². The van der Waals surface area contributed by atoms with E-state index >= 15 is 0 Å². The Morgan fingerprint density at radius 1 is 1.27 bits per heavy atom. The predicted molar refractivity (Wildman–Crippen MR) is 99.0 cm³/mol. The summed E-state index contributed by atoms with van der Waals surface area (Å²) >= 11 is 1.52. The zero-order valence-corrected chi connectivity index (χ0v) is 16.1. The number of ether oxygens (including phenoxy) is 1. The van der Waals surface area contributed by atoms with Crippen LogP contribution in [0.1, 0.15) is 45.6 Å². The first-order valence-corrected chi connectivity index (χ1v) is 9.43. The molecule has 0 aromatic heterocycles. The van der Waals surface area contributed by atoms with Crippen molar-refractivity contribution >= 4 is 29.5 Å². The third-order valence-electron chi connectivity index (χ3n) is 4.08. The standard InChI is InChI=1S/C19H25NO5S/c1-18(2,3)25-17(24)19(20,16(22)23)11-12-7-9-13(10-8-12)26-15-6-4-5-14(15)21/h7-10,15H,4-6,11,20H2,1-3H3,(H,22,23). The van der Waals surface area contributed by atoms with Crippen molar-refractivity contribution in [1.82, 2.24) is 0 Å². The van der Waals surface area contributed by atoms with Gasteiger partial charge in [-0.25, -0.2) is 9.59 Å². The van der Waals surface area contributed by atoms with Gasteiger partial charge in [0.1, 0.15) is 11.4 Å². The zero-order valence-electron chi connectivity index (χ0n) is 15.3. The fourth-order valence-electron chi connectivity index (χ4n) is 2.68. The van der Waals surface area contributed by atoms with Gasteiger partial charge in [-0.3, -0.25) is 4.79 Å². The fourth-order valence-corrected chi connectivity index (χ4v) is 3.84. The molecule has 0 heterocycles. The van der Waals surface area contributed by atoms with E-state index in [4.69, 9.17) is 10.5 Å². The largest absolute Gasteiger partial charge is 0.479 e. The number of thioether (sulfide) groups is 1. The second-order valence-electron chi connectivity index (χ2n) is 7.56. The van der Waals surface area contributed by atoms with Crippen molar-refractivity contribution in [3.05, 3.63) is 29.8 Å². The Kier molecular flexibility index (Phi) is 6.13. The van der Waals surface area contributed by atoms with Crippen LogP contribution in [0.2, 0.25) is 0 Å². The SMILES string of the molecule is CC(C)(C)OC(=O)C(N)(Cc1ccc(SC2CCCC2=O)cc1)C(=O)O. The Hall–Kier alpha value is -1.86. The quantitative estimate of drug-likeness (QED) is 0.578. The molecule has 26 heavy (non-hydrogen) atoms. The van der Waals surface area contributed by atoms with E-state index in [1.54, 1.807) is 32.9 Å². The number of rotatable bonds is 6. The van der Waals surface area contributed by atoms with Gasteiger partial charge in [0.05, 0.1) is 5.25 Å². The molecular weight excluding hydrogens is 354 g/mol. The molecule has 1 aromatic rings. The summed E-state index contributed by atoms with van der Waals surface area (Å²) in [7, 11) is 0. The lowest BCUT2D eigenvalue weighted by molar-refractivity contribution is -0.169. The van der Waals surface area contributed by atoms with Gasteiger partial charge in [-0.2, -0.15) is 0 Å². The second-order valence-corrected chi connectivity index (χ2v) is 8.84. The van der Waals surface area contributed by atoms with E-state index in [1.807, 2.05) is 12.1 Å². The number of nitrogens with two attached hydrogens (primary N) is 1. The predicted octanol–water partition coefficient (Wildman–Crippen LogP) is 2.57. The van der Waals surface area contributed by atoms with Crippen LogP contribution in [-0.2, 0) is 25.5 Å². The number of carboxylic acid groups (broad SMARTS) is 1. The minimum absolute atomic E-state index is 0.00441. The molecule has 3 N–H and O–H groups in total. The summed E-state index contributed by atoms with van der Waals surface area (Å²) in [5.74, 6) is -2.12. The number of ketones is 1. The number of Topliss-reactive ketones (excluding diaryl/α,β-unsaturated/α-hetero) is 1. The van der Waals surface area contributed by atoms with Crippen LogP contribution < -0.4 is 5.73 Å². The molecule has 0 saturated heterocycles. The van der Waals surface area contributed by atoms with E-state index in [0.717, 1.165) is 17.7 Å². The van der Waals surface area contributed by atoms with Gasteiger partial charge in [-0.15, -0.1) is 11.8 Å². The van der Waals surface area contributed by atoms with Gasteiger partial charge in [-0.05, 0) is 51.3 Å². The van der Waals surface area contributed by atoms with Crippen molar-refractivity contribution in [3.63, 3.8) is 0 Å². The molecule has 1 aliphatic carbocycles. The minimum Gasteiger partial charge on any atom is -0.479 e. The molecule has 2 rings (SSSR count). The lowest BCUT2D eigenvalue weighted by atomic mass is 9.91. The van der Waals surface area contributed by atoms with Gasteiger partial charge in [0.25, 0.3) is 0 Å². The van der Waals surface area contributed by atoms with Crippen molar-refractivity contribution in [2.45, 2.75) is 67.7 Å². The van der Waals surface area contributed by atoms with E-state index in [2.05, 4.69) is 0 Å². The number of hydrogen-bond donors (Lipinski definition) is 2. The van der Waals surface area contributed by atoms with Crippen molar-refractivity contribution in [2.75, 3.05) is 0 Å². The highest BCUT2D eigenvalue weighted by Gasteiger charge is 2.45. The second kappa shape index (κ2) is 7.80. The molecule has 142 valence electrons. The van der Waals surface area contributed by atoms with Crippen molar-refractivity contribution in [2.24, 2.45) is 5.73 Å². The van der Waals surface area contributed by atoms with Gasteiger partial charge >= 0.3 is 11.9 Å². The summed E-state index contributed by atoms with van der Waals surface area (Å²) in [6.07, 6.45) is 2.28. The summed E-state index contributed by atoms with van der Waals surface area (Å²) < 4.78 is 5.17. The average molecular weight is 379 g/mol. The molecule has 2 atom stereocenters. The molecule has 1 aliphatic rings. The molecule has 2 unspecified atom stereocenters. The Labute approximate surface area is 157 Å². The summed E-state index contributed by atoms with van der Waals surface area (Å²) in [5, 5.41) is 9.46. The van der Waals surface area contributed by atoms with E-state index in [0.29, 0.717) is 12.0 Å². The highest BCUT2D eigenvalue weighted by atomic mass is 32.2. The van der Waals surface area contributed by atoms with Crippen molar-refractivity contribution < 1.29 is 24.2 Å². The maximum atomic E-state index is 12.3. The molecule has 0 radical (unpaired) electrons. The van der Waals surface area contributed by atoms with E-state index in [9.17, 15) is 19.5 Å². The van der Waals surface area contributed by atoms with Gasteiger partial charge in [-0.1, -0.05) is 12.1 Å². The van der Waals surface area contributed by atoms with Gasteiger partial charge in [0.15, 0.2) is 0 Å². The topological polar surface area (TPSA) is 107 Å². The maximum Gasteiger partial charge on any atom is 0.338 e. The number of carboxylic acids is 1. The Bertz CT molecular complexity index is 695. The minimum atomic E-state index is -2.15. The van der Waals surface area contributed by atoms with Gasteiger partial charge in [0, 0.05) is 17.7 Å². The van der Waals surface area contributed by atoms with Crippen LogP contribution in [0.5, 0.6) is 0 Å². The number of aliphatic carboxylic acids is 1. The molecule has 6 nitrogen and oxygen atoms in total. The number of benzene rings is 1. The first-order valence-electron chi connectivity index (χ1n) is 8.55.